The highest BCUT2D eigenvalue weighted by molar-refractivity contribution is 7.20. The molecule has 1 aliphatic heterocycles. The van der Waals surface area contributed by atoms with Gasteiger partial charge in [0.25, 0.3) is 11.8 Å². The van der Waals surface area contributed by atoms with Crippen LogP contribution in [0.15, 0.2) is 54.6 Å². The van der Waals surface area contributed by atoms with Crippen LogP contribution in [0.25, 0.3) is 10.1 Å². The van der Waals surface area contributed by atoms with E-state index in [1.165, 1.54) is 29.5 Å². The van der Waals surface area contributed by atoms with Gasteiger partial charge in [-0.2, -0.15) is 0 Å². The van der Waals surface area contributed by atoms with Gasteiger partial charge in [0, 0.05) is 4.70 Å². The number of carbonyl (C=O) groups is 4. The third-order valence-electron chi connectivity index (χ3n) is 6.35. The van der Waals surface area contributed by atoms with Gasteiger partial charge in [-0.25, -0.2) is 9.18 Å². The Morgan fingerprint density at radius 2 is 1.87 bits per heavy atom. The lowest BCUT2D eigenvalue weighted by molar-refractivity contribution is -0.137. The zero-order chi connectivity index (χ0) is 27.2. The number of ketones is 1. The first kappa shape index (κ1) is 27.4. The van der Waals surface area contributed by atoms with Crippen LogP contribution in [-0.2, 0) is 9.59 Å². The molecule has 1 fully saturated rings. The number of hydrogen-bond acceptors (Lipinski definition) is 6. The number of anilines is 1. The zero-order valence-electron chi connectivity index (χ0n) is 21.3. The maximum absolute atomic E-state index is 14.3. The van der Waals surface area contributed by atoms with Crippen molar-refractivity contribution in [3.63, 3.8) is 0 Å². The molecular formula is C28H31FN4O4S. The molecule has 0 bridgehead atoms. The van der Waals surface area contributed by atoms with E-state index in [4.69, 9.17) is 0 Å². The molecule has 38 heavy (non-hydrogen) atoms. The van der Waals surface area contributed by atoms with Crippen LogP contribution in [0.5, 0.6) is 0 Å². The number of thiophene rings is 1. The van der Waals surface area contributed by atoms with Crippen LogP contribution < -0.4 is 16.0 Å². The molecule has 0 spiro atoms. The Hall–Kier alpha value is -3.63. The molecule has 0 radical (unpaired) electrons. The lowest BCUT2D eigenvalue weighted by atomic mass is 10.00. The smallest absolute Gasteiger partial charge is 0.329 e. The lowest BCUT2D eigenvalue weighted by Gasteiger charge is -2.32. The van der Waals surface area contributed by atoms with Gasteiger partial charge in [0.05, 0.1) is 17.1 Å². The van der Waals surface area contributed by atoms with E-state index in [2.05, 4.69) is 16.0 Å². The number of urea groups is 1. The summed E-state index contributed by atoms with van der Waals surface area (Å²) in [6, 6.07) is 11.9. The number of halogens is 1. The largest absolute Gasteiger partial charge is 0.340 e. The summed E-state index contributed by atoms with van der Waals surface area (Å²) in [4.78, 5) is 55.0. The van der Waals surface area contributed by atoms with Gasteiger partial charge in [-0.05, 0) is 61.4 Å². The third-order valence-corrected chi connectivity index (χ3v) is 7.46. The molecule has 200 valence electrons. The minimum absolute atomic E-state index is 0.00438. The monoisotopic (exact) mass is 538 g/mol. The molecule has 0 aliphatic carbocycles. The van der Waals surface area contributed by atoms with E-state index in [9.17, 15) is 23.6 Å². The van der Waals surface area contributed by atoms with Crippen molar-refractivity contribution in [2.24, 2.45) is 5.92 Å². The standard InChI is InChI=1S/C28H31FN4O4S/c1-17(2)14-21(31-26(35)25-15-18-8-3-6-12-24(18)38-25)27(36)33(22-11-7-13-30-16-23(22)34)28(37)32-20-10-5-4-9-19(20)29/h3-6,8-10,12,15,17,21-22,30H,7,11,13-14,16H2,1-2H3,(H,31,35)(H,32,37)/t21-,22?/m0/s1. The minimum atomic E-state index is -1.07. The summed E-state index contributed by atoms with van der Waals surface area (Å²) in [6.45, 7) is 4.37. The number of Topliss-reactive ketones (excluding diaryl/α,β-unsaturated/α-hetero) is 1. The summed E-state index contributed by atoms with van der Waals surface area (Å²) in [5.74, 6) is -2.14. The summed E-state index contributed by atoms with van der Waals surface area (Å²) < 4.78 is 15.3. The third kappa shape index (κ3) is 6.43. The molecule has 8 nitrogen and oxygen atoms in total. The Morgan fingerprint density at radius 3 is 2.61 bits per heavy atom. The molecule has 1 aromatic heterocycles. The van der Waals surface area contributed by atoms with E-state index in [-0.39, 0.29) is 36.8 Å². The average Bonchev–Trinajstić information content (AvgIpc) is 3.22. The van der Waals surface area contributed by atoms with Gasteiger partial charge in [-0.15, -0.1) is 11.3 Å². The van der Waals surface area contributed by atoms with E-state index < -0.39 is 35.7 Å². The van der Waals surface area contributed by atoms with Crippen molar-refractivity contribution in [3.05, 3.63) is 65.3 Å². The fraction of sp³-hybridized carbons (Fsp3) is 0.357. The fourth-order valence-corrected chi connectivity index (χ4v) is 5.47. The number of benzene rings is 2. The van der Waals surface area contributed by atoms with Crippen molar-refractivity contribution in [2.75, 3.05) is 18.4 Å². The number of rotatable bonds is 7. The second-order valence-electron chi connectivity index (χ2n) is 9.72. The van der Waals surface area contributed by atoms with E-state index >= 15 is 0 Å². The normalized spacial score (nSPS) is 16.6. The average molecular weight is 539 g/mol. The van der Waals surface area contributed by atoms with Crippen LogP contribution in [-0.4, -0.2) is 53.7 Å². The number of nitrogens with zero attached hydrogens (tertiary/aromatic N) is 1. The summed E-state index contributed by atoms with van der Waals surface area (Å²) in [5, 5.41) is 9.17. The maximum atomic E-state index is 14.3. The Labute approximate surface area is 224 Å². The maximum Gasteiger partial charge on any atom is 0.329 e. The first-order valence-corrected chi connectivity index (χ1v) is 13.5. The fourth-order valence-electron chi connectivity index (χ4n) is 4.50. The predicted octanol–water partition coefficient (Wildman–Crippen LogP) is 4.57. The predicted molar refractivity (Wildman–Crippen MR) is 146 cm³/mol. The number of hydrogen-bond donors (Lipinski definition) is 3. The molecule has 0 saturated carbocycles. The van der Waals surface area contributed by atoms with Crippen LogP contribution in [0.3, 0.4) is 0 Å². The number of fused-ring (bicyclic) bond motifs is 1. The second-order valence-corrected chi connectivity index (χ2v) is 10.8. The summed E-state index contributed by atoms with van der Waals surface area (Å²) in [7, 11) is 0. The molecule has 2 atom stereocenters. The highest BCUT2D eigenvalue weighted by Crippen LogP contribution is 2.26. The Balaban J connectivity index is 1.64. The first-order valence-electron chi connectivity index (χ1n) is 12.7. The van der Waals surface area contributed by atoms with Crippen molar-refractivity contribution in [3.8, 4) is 0 Å². The van der Waals surface area contributed by atoms with Crippen LogP contribution in [0.2, 0.25) is 0 Å². The molecule has 3 N–H and O–H groups in total. The van der Waals surface area contributed by atoms with Crippen LogP contribution in [0, 0.1) is 11.7 Å². The molecule has 1 saturated heterocycles. The van der Waals surface area contributed by atoms with Crippen molar-refractivity contribution in [2.45, 2.75) is 45.2 Å². The SMILES string of the molecule is CC(C)C[C@H](NC(=O)c1cc2ccccc2s1)C(=O)N(C(=O)Nc1ccccc1F)C1CCCNCC1=O. The zero-order valence-corrected chi connectivity index (χ0v) is 22.1. The summed E-state index contributed by atoms with van der Waals surface area (Å²) >= 11 is 1.31. The number of para-hydroxylation sites is 1. The summed E-state index contributed by atoms with van der Waals surface area (Å²) in [5.41, 5.74) is -0.107. The first-order chi connectivity index (χ1) is 18.2. The lowest BCUT2D eigenvalue weighted by Crippen LogP contribution is -2.58. The van der Waals surface area contributed by atoms with E-state index in [0.717, 1.165) is 15.0 Å². The Bertz CT molecular complexity index is 1310. The topological polar surface area (TPSA) is 108 Å². The van der Waals surface area contributed by atoms with Crippen molar-refractivity contribution in [1.82, 2.24) is 15.5 Å². The molecule has 4 amide bonds. The minimum Gasteiger partial charge on any atom is -0.340 e. The molecule has 4 rings (SSSR count). The van der Waals surface area contributed by atoms with E-state index in [1.807, 2.05) is 38.1 Å². The number of amides is 4. The van der Waals surface area contributed by atoms with Gasteiger partial charge in [0.1, 0.15) is 17.9 Å². The van der Waals surface area contributed by atoms with E-state index in [1.54, 1.807) is 12.1 Å². The molecule has 2 heterocycles. The van der Waals surface area contributed by atoms with Crippen LogP contribution in [0.4, 0.5) is 14.9 Å². The molecule has 2 aromatic carbocycles. The van der Waals surface area contributed by atoms with Crippen LogP contribution >= 0.6 is 11.3 Å². The van der Waals surface area contributed by atoms with Crippen molar-refractivity contribution < 1.29 is 23.6 Å². The molecule has 1 unspecified atom stereocenters. The van der Waals surface area contributed by atoms with Gasteiger partial charge in [0.15, 0.2) is 5.78 Å². The van der Waals surface area contributed by atoms with Crippen molar-refractivity contribution in [1.29, 1.82) is 0 Å². The van der Waals surface area contributed by atoms with E-state index in [0.29, 0.717) is 17.8 Å². The van der Waals surface area contributed by atoms with Gasteiger partial charge in [-0.1, -0.05) is 44.2 Å². The van der Waals surface area contributed by atoms with Gasteiger partial charge in [0.2, 0.25) is 0 Å². The van der Waals surface area contributed by atoms with Gasteiger partial charge < -0.3 is 16.0 Å². The quantitative estimate of drug-likeness (QED) is 0.409. The Morgan fingerprint density at radius 1 is 1.13 bits per heavy atom. The number of nitrogens with one attached hydrogen (secondary N) is 3. The molecule has 1 aliphatic rings. The Kier molecular flexibility index (Phi) is 8.85. The highest BCUT2D eigenvalue weighted by Gasteiger charge is 2.39. The highest BCUT2D eigenvalue weighted by atomic mass is 32.1. The van der Waals surface area contributed by atoms with Gasteiger partial charge >= 0.3 is 6.03 Å². The van der Waals surface area contributed by atoms with Gasteiger partial charge in [-0.3, -0.25) is 19.3 Å². The summed E-state index contributed by atoms with van der Waals surface area (Å²) in [6.07, 6.45) is 1.08. The number of carbonyl (C=O) groups excluding carboxylic acids is 4. The molecule has 3 aromatic rings. The second kappa shape index (κ2) is 12.3. The molecular weight excluding hydrogens is 507 g/mol. The molecule has 10 heteroatoms. The number of imide groups is 1. The van der Waals surface area contributed by atoms with Crippen molar-refractivity contribution >= 4 is 50.7 Å². The van der Waals surface area contributed by atoms with Crippen LogP contribution in [0.1, 0.15) is 42.8 Å².